The average Bonchev–Trinajstić information content (AvgIpc) is 3.13. The molecule has 0 aliphatic heterocycles. The molecule has 1 aromatic rings. The van der Waals surface area contributed by atoms with E-state index in [0.29, 0.717) is 17.7 Å². The minimum Gasteiger partial charge on any atom is -0.309 e. The summed E-state index contributed by atoms with van der Waals surface area (Å²) in [5.74, 6) is 0. The van der Waals surface area contributed by atoms with Crippen LogP contribution in [0.2, 0.25) is 0 Å². The van der Waals surface area contributed by atoms with Crippen LogP contribution < -0.4 is 0 Å². The molecule has 0 amide bonds. The lowest BCUT2D eigenvalue weighted by Gasteiger charge is -2.06. The van der Waals surface area contributed by atoms with Gasteiger partial charge in [-0.3, -0.25) is 0 Å². The molecule has 102 valence electrons. The van der Waals surface area contributed by atoms with Crippen LogP contribution in [0, 0.1) is 13.5 Å². The van der Waals surface area contributed by atoms with Gasteiger partial charge < -0.3 is 4.85 Å². The minimum atomic E-state index is -3.35. The van der Waals surface area contributed by atoms with Gasteiger partial charge in [-0.2, -0.15) is 0 Å². The zero-order valence-corrected chi connectivity index (χ0v) is 12.2. The Morgan fingerprint density at radius 3 is 2.53 bits per heavy atom. The number of hydrogen-bond donors (Lipinski definition) is 0. The fraction of sp³-hybridized carbons (Fsp3) is 0.533. The Hall–Kier alpha value is -1.34. The summed E-state index contributed by atoms with van der Waals surface area (Å²) in [6, 6.07) is 6.91. The first kappa shape index (κ1) is 14.1. The largest absolute Gasteiger partial charge is 0.309 e. The van der Waals surface area contributed by atoms with E-state index in [-0.39, 0.29) is 0 Å². The summed E-state index contributed by atoms with van der Waals surface area (Å²) in [5, 5.41) is -0.508. The number of rotatable bonds is 5. The number of aryl methyl sites for hydroxylation is 1. The third-order valence-electron chi connectivity index (χ3n) is 3.89. The molecular weight excluding hydrogens is 258 g/mol. The molecule has 2 rings (SSSR count). The van der Waals surface area contributed by atoms with E-state index >= 15 is 0 Å². The van der Waals surface area contributed by atoms with Gasteiger partial charge in [0, 0.05) is 6.42 Å². The molecule has 1 aliphatic rings. The molecule has 4 heteroatoms. The number of sulfone groups is 1. The fourth-order valence-corrected chi connectivity index (χ4v) is 4.57. The second-order valence-electron chi connectivity index (χ2n) is 5.37. The molecule has 0 saturated heterocycles. The van der Waals surface area contributed by atoms with Crippen LogP contribution in [0.4, 0.5) is 0 Å². The molecule has 1 saturated carbocycles. The Morgan fingerprint density at radius 1 is 1.37 bits per heavy atom. The molecule has 19 heavy (non-hydrogen) atoms. The normalized spacial score (nSPS) is 25.8. The van der Waals surface area contributed by atoms with Gasteiger partial charge in [-0.15, -0.1) is 0 Å². The van der Waals surface area contributed by atoms with E-state index < -0.39 is 20.6 Å². The highest BCUT2D eigenvalue weighted by atomic mass is 32.2. The van der Waals surface area contributed by atoms with E-state index in [2.05, 4.69) is 11.8 Å². The highest BCUT2D eigenvalue weighted by molar-refractivity contribution is 7.92. The molecule has 0 spiro atoms. The van der Waals surface area contributed by atoms with E-state index in [0.717, 1.165) is 18.4 Å². The quantitative estimate of drug-likeness (QED) is 0.774. The first-order valence-electron chi connectivity index (χ1n) is 6.65. The first-order valence-corrected chi connectivity index (χ1v) is 8.20. The zero-order chi connectivity index (χ0) is 14.1. The third-order valence-corrected chi connectivity index (χ3v) is 6.17. The second kappa shape index (κ2) is 4.97. The van der Waals surface area contributed by atoms with Crippen LogP contribution in [-0.2, 0) is 9.84 Å². The molecule has 0 heterocycles. The summed E-state index contributed by atoms with van der Waals surface area (Å²) in [7, 11) is -3.35. The summed E-state index contributed by atoms with van der Waals surface area (Å²) in [6.45, 7) is 11.3. The SMILES string of the molecule is [C-]#[N+][C@@]1(CCCC)C[C@H]1S(=O)(=O)c1ccc(C)cc1. The summed E-state index contributed by atoms with van der Waals surface area (Å²) < 4.78 is 25.0. The molecule has 1 fully saturated rings. The van der Waals surface area contributed by atoms with Crippen LogP contribution in [0.5, 0.6) is 0 Å². The zero-order valence-electron chi connectivity index (χ0n) is 11.4. The minimum absolute atomic E-state index is 0.352. The Bertz CT molecular complexity index is 598. The van der Waals surface area contributed by atoms with Gasteiger partial charge in [0.05, 0.1) is 11.3 Å². The Kier molecular flexibility index (Phi) is 3.69. The molecule has 0 aromatic heterocycles. The second-order valence-corrected chi connectivity index (χ2v) is 7.50. The summed E-state index contributed by atoms with van der Waals surface area (Å²) in [4.78, 5) is 3.98. The van der Waals surface area contributed by atoms with E-state index in [1.54, 1.807) is 24.3 Å². The van der Waals surface area contributed by atoms with E-state index in [9.17, 15) is 8.42 Å². The molecule has 2 atom stereocenters. The van der Waals surface area contributed by atoms with Crippen LogP contribution in [0.25, 0.3) is 4.85 Å². The van der Waals surface area contributed by atoms with Crippen molar-refractivity contribution in [1.29, 1.82) is 0 Å². The molecule has 1 aromatic carbocycles. The summed E-state index contributed by atoms with van der Waals surface area (Å²) >= 11 is 0. The first-order chi connectivity index (χ1) is 8.96. The molecule has 0 bridgehead atoms. The summed E-state index contributed by atoms with van der Waals surface area (Å²) in [5.41, 5.74) is 0.386. The molecular formula is C15H19NO2S. The maximum absolute atomic E-state index is 12.5. The lowest BCUT2D eigenvalue weighted by molar-refractivity contribution is 0.582. The van der Waals surface area contributed by atoms with Gasteiger partial charge in [0.2, 0.25) is 0 Å². The van der Waals surface area contributed by atoms with Crippen molar-refractivity contribution >= 4 is 9.84 Å². The number of hydrogen-bond acceptors (Lipinski definition) is 2. The Morgan fingerprint density at radius 2 is 2.00 bits per heavy atom. The van der Waals surface area contributed by atoms with Crippen molar-refractivity contribution in [3.8, 4) is 0 Å². The highest BCUT2D eigenvalue weighted by Crippen LogP contribution is 2.51. The van der Waals surface area contributed by atoms with Crippen molar-refractivity contribution in [3.05, 3.63) is 41.2 Å². The maximum atomic E-state index is 12.5. The van der Waals surface area contributed by atoms with Gasteiger partial charge in [-0.1, -0.05) is 31.0 Å². The van der Waals surface area contributed by atoms with Gasteiger partial charge >= 0.3 is 0 Å². The van der Waals surface area contributed by atoms with Gasteiger partial charge in [-0.25, -0.2) is 15.0 Å². The van der Waals surface area contributed by atoms with E-state index in [4.69, 9.17) is 6.57 Å². The van der Waals surface area contributed by atoms with Crippen molar-refractivity contribution in [1.82, 2.24) is 0 Å². The van der Waals surface area contributed by atoms with Crippen molar-refractivity contribution in [2.45, 2.75) is 55.2 Å². The lowest BCUT2D eigenvalue weighted by atomic mass is 10.1. The molecule has 3 nitrogen and oxygen atoms in total. The number of benzene rings is 1. The van der Waals surface area contributed by atoms with Crippen molar-refractivity contribution < 1.29 is 8.42 Å². The van der Waals surface area contributed by atoms with Crippen LogP contribution in [0.15, 0.2) is 29.2 Å². The van der Waals surface area contributed by atoms with Gasteiger partial charge in [0.15, 0.2) is 15.1 Å². The van der Waals surface area contributed by atoms with Gasteiger partial charge in [0.1, 0.15) is 0 Å². The standard InChI is InChI=1S/C15H19NO2S/c1-4-5-10-15(16-3)11-14(15)19(17,18)13-8-6-12(2)7-9-13/h6-9,14H,4-5,10-11H2,1-2H3/t14-,15+/m1/s1. The topological polar surface area (TPSA) is 38.5 Å². The van der Waals surface area contributed by atoms with Crippen molar-refractivity contribution in [2.75, 3.05) is 0 Å². The van der Waals surface area contributed by atoms with Crippen LogP contribution in [0.3, 0.4) is 0 Å². The summed E-state index contributed by atoms with van der Waals surface area (Å²) in [6.07, 6.45) is 3.10. The van der Waals surface area contributed by atoms with E-state index in [1.807, 2.05) is 6.92 Å². The fourth-order valence-electron chi connectivity index (χ4n) is 2.47. The number of unbranched alkanes of at least 4 members (excludes halogenated alkanes) is 1. The average molecular weight is 277 g/mol. The van der Waals surface area contributed by atoms with Crippen LogP contribution in [0.1, 0.15) is 38.2 Å². The van der Waals surface area contributed by atoms with Gasteiger partial charge in [0.25, 0.3) is 5.54 Å². The molecule has 0 radical (unpaired) electrons. The van der Waals surface area contributed by atoms with Crippen molar-refractivity contribution in [3.63, 3.8) is 0 Å². The highest BCUT2D eigenvalue weighted by Gasteiger charge is 2.68. The Balaban J connectivity index is 2.23. The molecule has 0 N–H and O–H groups in total. The third kappa shape index (κ3) is 2.52. The monoisotopic (exact) mass is 277 g/mol. The van der Waals surface area contributed by atoms with Gasteiger partial charge in [-0.05, 0) is 25.5 Å². The predicted octanol–water partition coefficient (Wildman–Crippen LogP) is 3.39. The van der Waals surface area contributed by atoms with Crippen LogP contribution in [-0.4, -0.2) is 19.2 Å². The predicted molar refractivity (Wildman–Crippen MR) is 75.6 cm³/mol. The Labute approximate surface area is 115 Å². The smallest absolute Gasteiger partial charge is 0.251 e. The maximum Gasteiger partial charge on any atom is 0.251 e. The molecule has 0 unspecified atom stereocenters. The molecule has 1 aliphatic carbocycles. The van der Waals surface area contributed by atoms with Crippen LogP contribution >= 0.6 is 0 Å². The number of nitrogens with zero attached hydrogens (tertiary/aromatic N) is 1. The lowest BCUT2D eigenvalue weighted by Crippen LogP contribution is -2.18. The van der Waals surface area contributed by atoms with E-state index in [1.165, 1.54) is 0 Å². The van der Waals surface area contributed by atoms with Crippen molar-refractivity contribution in [2.24, 2.45) is 0 Å².